The monoisotopic (exact) mass is 366 g/mol. The van der Waals surface area contributed by atoms with Gasteiger partial charge in [0.25, 0.3) is 5.91 Å². The van der Waals surface area contributed by atoms with Gasteiger partial charge in [-0.2, -0.15) is 5.10 Å². The Morgan fingerprint density at radius 2 is 2.15 bits per heavy atom. The molecular formula is C21H26N4O2. The van der Waals surface area contributed by atoms with Gasteiger partial charge in [0.15, 0.2) is 0 Å². The van der Waals surface area contributed by atoms with E-state index in [2.05, 4.69) is 15.5 Å². The molecule has 2 atom stereocenters. The van der Waals surface area contributed by atoms with Crippen LogP contribution >= 0.6 is 0 Å². The van der Waals surface area contributed by atoms with E-state index in [9.17, 15) is 9.59 Å². The SMILES string of the molecule is Cc1cccc(C(=O)NC[C@@H]2CCCN2C(=O)C2CCc3cn[nH]c32)c1C. The van der Waals surface area contributed by atoms with Gasteiger partial charge in [0.2, 0.25) is 5.91 Å². The molecule has 2 aliphatic rings. The molecule has 1 aliphatic carbocycles. The Morgan fingerprint density at radius 1 is 1.30 bits per heavy atom. The van der Waals surface area contributed by atoms with Crippen molar-refractivity contribution in [1.29, 1.82) is 0 Å². The van der Waals surface area contributed by atoms with Crippen LogP contribution in [0.2, 0.25) is 0 Å². The smallest absolute Gasteiger partial charge is 0.251 e. The van der Waals surface area contributed by atoms with Crippen LogP contribution in [0.25, 0.3) is 0 Å². The van der Waals surface area contributed by atoms with Gasteiger partial charge in [-0.25, -0.2) is 0 Å². The molecule has 2 N–H and O–H groups in total. The number of hydrogen-bond donors (Lipinski definition) is 2. The molecule has 27 heavy (non-hydrogen) atoms. The van der Waals surface area contributed by atoms with E-state index in [-0.39, 0.29) is 23.8 Å². The first kappa shape index (κ1) is 17.8. The summed E-state index contributed by atoms with van der Waals surface area (Å²) in [6.45, 7) is 5.25. The van der Waals surface area contributed by atoms with Gasteiger partial charge in [0.05, 0.1) is 17.8 Å². The number of aryl methyl sites for hydroxylation is 2. The van der Waals surface area contributed by atoms with Crippen LogP contribution in [0.1, 0.15) is 57.9 Å². The molecule has 6 heteroatoms. The fraction of sp³-hybridized carbons (Fsp3) is 0.476. The molecule has 0 bridgehead atoms. The highest BCUT2D eigenvalue weighted by Crippen LogP contribution is 2.34. The highest BCUT2D eigenvalue weighted by molar-refractivity contribution is 5.96. The molecule has 1 unspecified atom stereocenters. The first-order valence-electron chi connectivity index (χ1n) is 9.73. The number of aromatic amines is 1. The summed E-state index contributed by atoms with van der Waals surface area (Å²) in [7, 11) is 0. The zero-order chi connectivity index (χ0) is 19.0. The summed E-state index contributed by atoms with van der Waals surface area (Å²) >= 11 is 0. The fourth-order valence-electron chi connectivity index (χ4n) is 4.35. The zero-order valence-corrected chi connectivity index (χ0v) is 15.9. The minimum absolute atomic E-state index is 0.0628. The molecule has 2 amide bonds. The summed E-state index contributed by atoms with van der Waals surface area (Å²) in [5.74, 6) is -0.00785. The molecule has 2 aromatic rings. The van der Waals surface area contributed by atoms with Crippen molar-refractivity contribution >= 4 is 11.8 Å². The van der Waals surface area contributed by atoms with Crippen molar-refractivity contribution in [3.05, 3.63) is 52.3 Å². The maximum absolute atomic E-state index is 13.1. The van der Waals surface area contributed by atoms with Crippen LogP contribution in [0.4, 0.5) is 0 Å². The van der Waals surface area contributed by atoms with E-state index in [0.29, 0.717) is 12.1 Å². The number of carbonyl (C=O) groups excluding carboxylic acids is 2. The highest BCUT2D eigenvalue weighted by Gasteiger charge is 2.37. The number of H-pyrrole nitrogens is 1. The minimum Gasteiger partial charge on any atom is -0.350 e. The average molecular weight is 366 g/mol. The van der Waals surface area contributed by atoms with Crippen LogP contribution in [-0.2, 0) is 11.2 Å². The Bertz CT molecular complexity index is 873. The molecule has 1 aromatic carbocycles. The Hall–Kier alpha value is -2.63. The number of carbonyl (C=O) groups is 2. The second-order valence-electron chi connectivity index (χ2n) is 7.69. The zero-order valence-electron chi connectivity index (χ0n) is 15.9. The fourth-order valence-corrected chi connectivity index (χ4v) is 4.35. The van der Waals surface area contributed by atoms with Crippen LogP contribution in [0.15, 0.2) is 24.4 Å². The van der Waals surface area contributed by atoms with Crippen LogP contribution in [0.5, 0.6) is 0 Å². The second-order valence-corrected chi connectivity index (χ2v) is 7.69. The van der Waals surface area contributed by atoms with Crippen molar-refractivity contribution < 1.29 is 9.59 Å². The Balaban J connectivity index is 1.41. The minimum atomic E-state index is -0.113. The average Bonchev–Trinajstić information content (AvgIpc) is 3.38. The maximum Gasteiger partial charge on any atom is 0.251 e. The third-order valence-corrected chi connectivity index (χ3v) is 6.11. The number of fused-ring (bicyclic) bond motifs is 1. The summed E-state index contributed by atoms with van der Waals surface area (Å²) in [6, 6.07) is 5.84. The highest BCUT2D eigenvalue weighted by atomic mass is 16.2. The van der Waals surface area contributed by atoms with Crippen molar-refractivity contribution in [2.45, 2.75) is 51.5 Å². The van der Waals surface area contributed by atoms with Crippen molar-refractivity contribution in [3.63, 3.8) is 0 Å². The number of hydrogen-bond acceptors (Lipinski definition) is 3. The molecule has 2 heterocycles. The molecule has 0 saturated carbocycles. The number of nitrogens with one attached hydrogen (secondary N) is 2. The first-order chi connectivity index (χ1) is 13.1. The lowest BCUT2D eigenvalue weighted by atomic mass is 10.0. The van der Waals surface area contributed by atoms with Crippen molar-refractivity contribution in [3.8, 4) is 0 Å². The van der Waals surface area contributed by atoms with Crippen molar-refractivity contribution in [1.82, 2.24) is 20.4 Å². The second kappa shape index (κ2) is 7.18. The molecule has 4 rings (SSSR count). The molecule has 1 saturated heterocycles. The van der Waals surface area contributed by atoms with E-state index in [0.717, 1.165) is 54.6 Å². The van der Waals surface area contributed by atoms with Gasteiger partial charge in [-0.05, 0) is 62.3 Å². The molecule has 1 aromatic heterocycles. The number of amides is 2. The van der Waals surface area contributed by atoms with Crippen molar-refractivity contribution in [2.75, 3.05) is 13.1 Å². The Morgan fingerprint density at radius 3 is 3.00 bits per heavy atom. The van der Waals surface area contributed by atoms with Crippen LogP contribution in [0, 0.1) is 13.8 Å². The van der Waals surface area contributed by atoms with Gasteiger partial charge in [0.1, 0.15) is 0 Å². The van der Waals surface area contributed by atoms with Crippen LogP contribution in [0.3, 0.4) is 0 Å². The Kier molecular flexibility index (Phi) is 4.72. The first-order valence-corrected chi connectivity index (χ1v) is 9.73. The van der Waals surface area contributed by atoms with Gasteiger partial charge in [0, 0.05) is 24.7 Å². The van der Waals surface area contributed by atoms with E-state index >= 15 is 0 Å². The van der Waals surface area contributed by atoms with Crippen LogP contribution in [-0.4, -0.2) is 46.0 Å². The lowest BCUT2D eigenvalue weighted by molar-refractivity contribution is -0.133. The Labute approximate surface area is 159 Å². The lowest BCUT2D eigenvalue weighted by Crippen LogP contribution is -2.44. The standard InChI is InChI=1S/C21H26N4O2/c1-13-5-3-7-17(14(13)2)20(26)22-12-16-6-4-10-25(16)21(27)18-9-8-15-11-23-24-19(15)18/h3,5,7,11,16,18H,4,6,8-10,12H2,1-2H3,(H,22,26)(H,23,24)/t16-,18?/m0/s1. The van der Waals surface area contributed by atoms with E-state index < -0.39 is 0 Å². The molecule has 1 fully saturated rings. The number of aromatic nitrogens is 2. The third-order valence-electron chi connectivity index (χ3n) is 6.11. The predicted molar refractivity (Wildman–Crippen MR) is 103 cm³/mol. The summed E-state index contributed by atoms with van der Waals surface area (Å²) in [4.78, 5) is 27.7. The van der Waals surface area contributed by atoms with Gasteiger partial charge >= 0.3 is 0 Å². The number of likely N-dealkylation sites (tertiary alicyclic amines) is 1. The molecule has 142 valence electrons. The van der Waals surface area contributed by atoms with Gasteiger partial charge in [-0.3, -0.25) is 14.7 Å². The number of benzene rings is 1. The van der Waals surface area contributed by atoms with E-state index in [4.69, 9.17) is 0 Å². The van der Waals surface area contributed by atoms with Crippen LogP contribution < -0.4 is 5.32 Å². The van der Waals surface area contributed by atoms with Gasteiger partial charge in [-0.15, -0.1) is 0 Å². The third kappa shape index (κ3) is 3.24. The summed E-state index contributed by atoms with van der Waals surface area (Å²) in [5.41, 5.74) is 4.96. The number of nitrogens with zero attached hydrogens (tertiary/aromatic N) is 2. The van der Waals surface area contributed by atoms with Gasteiger partial charge < -0.3 is 10.2 Å². The molecule has 0 radical (unpaired) electrons. The molecule has 6 nitrogen and oxygen atoms in total. The molecule has 0 spiro atoms. The van der Waals surface area contributed by atoms with Gasteiger partial charge in [-0.1, -0.05) is 12.1 Å². The van der Waals surface area contributed by atoms with E-state index in [1.54, 1.807) is 0 Å². The summed E-state index contributed by atoms with van der Waals surface area (Å²) in [5, 5.41) is 10.1. The number of rotatable bonds is 4. The van der Waals surface area contributed by atoms with E-state index in [1.165, 1.54) is 0 Å². The lowest BCUT2D eigenvalue weighted by Gasteiger charge is -2.27. The van der Waals surface area contributed by atoms with Crippen molar-refractivity contribution in [2.24, 2.45) is 0 Å². The predicted octanol–water partition coefficient (Wildman–Crippen LogP) is 2.48. The maximum atomic E-state index is 13.1. The van der Waals surface area contributed by atoms with E-state index in [1.807, 2.05) is 43.1 Å². The largest absolute Gasteiger partial charge is 0.350 e. The molecular weight excluding hydrogens is 340 g/mol. The normalized spacial score (nSPS) is 21.3. The quantitative estimate of drug-likeness (QED) is 0.873. The summed E-state index contributed by atoms with van der Waals surface area (Å²) < 4.78 is 0. The molecule has 1 aliphatic heterocycles. The topological polar surface area (TPSA) is 78.1 Å². The summed E-state index contributed by atoms with van der Waals surface area (Å²) in [6.07, 6.45) is 5.50.